The number of piperidine rings is 1. The maximum atomic E-state index is 12.0. The van der Waals surface area contributed by atoms with Crippen LogP contribution in [0, 0.1) is 11.8 Å². The van der Waals surface area contributed by atoms with Gasteiger partial charge in [0.2, 0.25) is 5.91 Å². The Balaban J connectivity index is 1.68. The Kier molecular flexibility index (Phi) is 8.51. The van der Waals surface area contributed by atoms with E-state index >= 15 is 0 Å². The lowest BCUT2D eigenvalue weighted by Crippen LogP contribution is -2.51. The van der Waals surface area contributed by atoms with Crippen molar-refractivity contribution < 1.29 is 15.0 Å². The van der Waals surface area contributed by atoms with E-state index in [-0.39, 0.29) is 23.8 Å². The van der Waals surface area contributed by atoms with Gasteiger partial charge in [-0.2, -0.15) is 0 Å². The number of likely N-dealkylation sites (tertiary alicyclic amines) is 1. The topological polar surface area (TPSA) is 76.0 Å². The van der Waals surface area contributed by atoms with E-state index in [1.54, 1.807) is 20.2 Å². The van der Waals surface area contributed by atoms with Gasteiger partial charge in [-0.1, -0.05) is 56.3 Å². The van der Waals surface area contributed by atoms with Gasteiger partial charge in [-0.05, 0) is 54.0 Å². The third kappa shape index (κ3) is 6.56. The van der Waals surface area contributed by atoms with Crippen molar-refractivity contribution in [1.29, 1.82) is 0 Å². The lowest BCUT2D eigenvalue weighted by atomic mass is 9.68. The molecule has 180 valence electrons. The van der Waals surface area contributed by atoms with Crippen LogP contribution in [0.5, 0.6) is 5.75 Å². The molecule has 1 fully saturated rings. The molecule has 1 aliphatic heterocycles. The molecule has 4 atom stereocenters. The van der Waals surface area contributed by atoms with E-state index in [4.69, 9.17) is 0 Å². The summed E-state index contributed by atoms with van der Waals surface area (Å²) in [7, 11) is 3.44. The van der Waals surface area contributed by atoms with Crippen LogP contribution < -0.4 is 5.32 Å². The molecule has 0 aliphatic carbocycles. The number of benzene rings is 2. The fraction of sp³-hybridized carbons (Fsp3) is 0.519. The van der Waals surface area contributed by atoms with E-state index in [1.165, 1.54) is 16.0 Å². The van der Waals surface area contributed by atoms with Crippen molar-refractivity contribution in [2.24, 2.45) is 11.8 Å². The third-order valence-corrected chi connectivity index (χ3v) is 7.31. The van der Waals surface area contributed by atoms with Gasteiger partial charge in [0.25, 0.3) is 0 Å². The fourth-order valence-corrected chi connectivity index (χ4v) is 4.81. The Hall–Kier alpha value is -2.41. The summed E-state index contributed by atoms with van der Waals surface area (Å²) in [4.78, 5) is 16.0. The zero-order chi connectivity index (χ0) is 24.0. The Morgan fingerprint density at radius 1 is 1.21 bits per heavy atom. The summed E-state index contributed by atoms with van der Waals surface area (Å²) in [6.45, 7) is 7.26. The zero-order valence-corrected chi connectivity index (χ0v) is 20.4. The summed E-state index contributed by atoms with van der Waals surface area (Å²) in [6.07, 6.45) is 0.946. The number of aromatic hydroxyl groups is 1. The van der Waals surface area contributed by atoms with Gasteiger partial charge in [0.1, 0.15) is 12.0 Å². The standard InChI is InChI=1S/C27H39N3O3/c1-20-18-30(14-13-27(20,2)23-11-8-12-24(31)16-23)19-22(15-21-9-6-5-7-10-21)26(33)28-17-25(32)29(3)4/h5-12,16,20,22,26,28,31,33H,13-15,17-19H2,1-4H3. The molecule has 0 saturated carbocycles. The minimum atomic E-state index is -0.774. The van der Waals surface area contributed by atoms with E-state index in [0.717, 1.165) is 32.5 Å². The largest absolute Gasteiger partial charge is 0.508 e. The summed E-state index contributed by atoms with van der Waals surface area (Å²) in [5, 5.41) is 24.0. The molecule has 2 aromatic carbocycles. The minimum absolute atomic E-state index is 0.000831. The van der Waals surface area contributed by atoms with Crippen LogP contribution >= 0.6 is 0 Å². The van der Waals surface area contributed by atoms with E-state index in [2.05, 4.69) is 42.3 Å². The van der Waals surface area contributed by atoms with Gasteiger partial charge in [0.15, 0.2) is 0 Å². The molecule has 1 heterocycles. The van der Waals surface area contributed by atoms with E-state index in [9.17, 15) is 15.0 Å². The van der Waals surface area contributed by atoms with Gasteiger partial charge in [-0.3, -0.25) is 10.1 Å². The van der Waals surface area contributed by atoms with E-state index < -0.39 is 6.23 Å². The van der Waals surface area contributed by atoms with Gasteiger partial charge in [0, 0.05) is 33.1 Å². The second-order valence-electron chi connectivity index (χ2n) is 9.94. The highest BCUT2D eigenvalue weighted by atomic mass is 16.3. The predicted octanol–water partition coefficient (Wildman–Crippen LogP) is 2.85. The van der Waals surface area contributed by atoms with Crippen molar-refractivity contribution in [2.75, 3.05) is 40.3 Å². The molecule has 1 saturated heterocycles. The van der Waals surface area contributed by atoms with Crippen LogP contribution in [0.1, 0.15) is 31.4 Å². The number of nitrogens with one attached hydrogen (secondary N) is 1. The third-order valence-electron chi connectivity index (χ3n) is 7.31. The lowest BCUT2D eigenvalue weighted by Gasteiger charge is -2.46. The molecule has 0 aromatic heterocycles. The van der Waals surface area contributed by atoms with Gasteiger partial charge in [-0.15, -0.1) is 0 Å². The number of carbonyl (C=O) groups is 1. The molecule has 3 N–H and O–H groups in total. The molecule has 1 aliphatic rings. The summed E-state index contributed by atoms with van der Waals surface area (Å²) in [5.74, 6) is 0.610. The molecule has 0 spiro atoms. The first-order chi connectivity index (χ1) is 15.7. The highest BCUT2D eigenvalue weighted by Crippen LogP contribution is 2.40. The van der Waals surface area contributed by atoms with Gasteiger partial charge < -0.3 is 20.0 Å². The number of phenols is 1. The number of nitrogens with zero attached hydrogens (tertiary/aromatic N) is 2. The van der Waals surface area contributed by atoms with Crippen molar-refractivity contribution in [1.82, 2.24) is 15.1 Å². The zero-order valence-electron chi connectivity index (χ0n) is 20.4. The van der Waals surface area contributed by atoms with Crippen LogP contribution in [0.2, 0.25) is 0 Å². The summed E-state index contributed by atoms with van der Waals surface area (Å²) >= 11 is 0. The van der Waals surface area contributed by atoms with Crippen LogP contribution in [-0.4, -0.2) is 72.4 Å². The van der Waals surface area contributed by atoms with Crippen LogP contribution in [0.4, 0.5) is 0 Å². The van der Waals surface area contributed by atoms with E-state index in [1.807, 2.05) is 30.3 Å². The highest BCUT2D eigenvalue weighted by Gasteiger charge is 2.39. The van der Waals surface area contributed by atoms with Gasteiger partial charge in [0.05, 0.1) is 6.54 Å². The Morgan fingerprint density at radius 2 is 1.94 bits per heavy atom. The predicted molar refractivity (Wildman–Crippen MR) is 132 cm³/mol. The van der Waals surface area contributed by atoms with Crippen LogP contribution in [0.3, 0.4) is 0 Å². The average molecular weight is 454 g/mol. The fourth-order valence-electron chi connectivity index (χ4n) is 4.81. The van der Waals surface area contributed by atoms with Crippen molar-refractivity contribution in [3.63, 3.8) is 0 Å². The molecule has 1 amide bonds. The average Bonchev–Trinajstić information content (AvgIpc) is 2.79. The Morgan fingerprint density at radius 3 is 2.58 bits per heavy atom. The number of carbonyl (C=O) groups excluding carboxylic acids is 1. The number of amides is 1. The normalized spacial score (nSPS) is 23.1. The second kappa shape index (κ2) is 11.1. The molecule has 3 rings (SSSR count). The maximum absolute atomic E-state index is 12.0. The molecule has 0 bridgehead atoms. The molecule has 6 heteroatoms. The molecule has 33 heavy (non-hydrogen) atoms. The van der Waals surface area contributed by atoms with Crippen molar-refractivity contribution >= 4 is 5.91 Å². The monoisotopic (exact) mass is 453 g/mol. The first-order valence-electron chi connectivity index (χ1n) is 11.9. The first kappa shape index (κ1) is 25.2. The summed E-state index contributed by atoms with van der Waals surface area (Å²) in [6, 6.07) is 17.8. The number of aliphatic hydroxyl groups excluding tert-OH is 1. The van der Waals surface area contributed by atoms with Crippen molar-refractivity contribution in [3.05, 3.63) is 65.7 Å². The Labute approximate surface area is 198 Å². The summed E-state index contributed by atoms with van der Waals surface area (Å²) in [5.41, 5.74) is 2.36. The van der Waals surface area contributed by atoms with Crippen molar-refractivity contribution in [3.8, 4) is 5.75 Å². The number of hydrogen-bond donors (Lipinski definition) is 3. The van der Waals surface area contributed by atoms with Crippen LogP contribution in [0.15, 0.2) is 54.6 Å². The summed E-state index contributed by atoms with van der Waals surface area (Å²) < 4.78 is 0. The van der Waals surface area contributed by atoms with Gasteiger partial charge >= 0.3 is 0 Å². The quantitative estimate of drug-likeness (QED) is 0.509. The molecule has 2 aromatic rings. The lowest BCUT2D eigenvalue weighted by molar-refractivity contribution is -0.128. The second-order valence-corrected chi connectivity index (χ2v) is 9.94. The highest BCUT2D eigenvalue weighted by molar-refractivity contribution is 5.77. The van der Waals surface area contributed by atoms with E-state index in [0.29, 0.717) is 11.7 Å². The van der Waals surface area contributed by atoms with Crippen molar-refractivity contribution in [2.45, 2.75) is 38.3 Å². The van der Waals surface area contributed by atoms with Crippen LogP contribution in [-0.2, 0) is 16.6 Å². The number of hydrogen-bond acceptors (Lipinski definition) is 5. The number of rotatable bonds is 9. The molecule has 6 nitrogen and oxygen atoms in total. The molecular weight excluding hydrogens is 414 g/mol. The minimum Gasteiger partial charge on any atom is -0.508 e. The number of likely N-dealkylation sites (N-methyl/N-ethyl adjacent to an activating group) is 1. The number of aliphatic hydroxyl groups is 1. The number of phenolic OH excluding ortho intramolecular Hbond substituents is 1. The first-order valence-corrected chi connectivity index (χ1v) is 11.9. The molecular formula is C27H39N3O3. The SMILES string of the molecule is CC1CN(CC(Cc2ccccc2)C(O)NCC(=O)N(C)C)CCC1(C)c1cccc(O)c1. The maximum Gasteiger partial charge on any atom is 0.236 e. The smallest absolute Gasteiger partial charge is 0.236 e. The molecule has 0 radical (unpaired) electrons. The van der Waals surface area contributed by atoms with Gasteiger partial charge in [-0.25, -0.2) is 0 Å². The Bertz CT molecular complexity index is 904. The van der Waals surface area contributed by atoms with Crippen LogP contribution in [0.25, 0.3) is 0 Å². The molecule has 4 unspecified atom stereocenters.